The van der Waals surface area contributed by atoms with Gasteiger partial charge in [0.15, 0.2) is 0 Å². The molecule has 3 N–H and O–H groups in total. The minimum Gasteiger partial charge on any atom is -0.368 e. The monoisotopic (exact) mass is 287 g/mol. The zero-order valence-electron chi connectivity index (χ0n) is 12.7. The van der Waals surface area contributed by atoms with E-state index < -0.39 is 5.54 Å². The second kappa shape index (κ2) is 5.78. The molecule has 1 amide bonds. The predicted molar refractivity (Wildman–Crippen MR) is 83.9 cm³/mol. The van der Waals surface area contributed by atoms with Crippen LogP contribution in [0.2, 0.25) is 0 Å². The molecule has 1 aliphatic heterocycles. The van der Waals surface area contributed by atoms with Crippen LogP contribution in [0.15, 0.2) is 30.3 Å². The molecule has 3 rings (SSSR count). The highest BCUT2D eigenvalue weighted by Crippen LogP contribution is 2.41. The van der Waals surface area contributed by atoms with Crippen LogP contribution in [0.5, 0.6) is 0 Å². The Hall–Kier alpha value is -1.39. The third-order valence-electron chi connectivity index (χ3n) is 5.18. The quantitative estimate of drug-likeness (QED) is 0.830. The Morgan fingerprint density at radius 1 is 1.33 bits per heavy atom. The van der Waals surface area contributed by atoms with E-state index in [-0.39, 0.29) is 5.91 Å². The molecule has 2 fully saturated rings. The van der Waals surface area contributed by atoms with Crippen LogP contribution in [0.4, 0.5) is 0 Å². The van der Waals surface area contributed by atoms with Crippen molar-refractivity contribution in [2.24, 2.45) is 11.7 Å². The van der Waals surface area contributed by atoms with Crippen LogP contribution in [0.1, 0.15) is 30.7 Å². The number of benzene rings is 1. The molecule has 2 atom stereocenters. The summed E-state index contributed by atoms with van der Waals surface area (Å²) < 4.78 is 0. The van der Waals surface area contributed by atoms with Crippen LogP contribution in [0.3, 0.4) is 0 Å². The number of nitrogens with one attached hydrogen (secondary N) is 1. The highest BCUT2D eigenvalue weighted by atomic mass is 16.1. The van der Waals surface area contributed by atoms with Gasteiger partial charge < -0.3 is 16.0 Å². The lowest BCUT2D eigenvalue weighted by molar-refractivity contribution is -0.125. The lowest BCUT2D eigenvalue weighted by atomic mass is 9.91. The zero-order chi connectivity index (χ0) is 14.9. The van der Waals surface area contributed by atoms with E-state index in [1.807, 2.05) is 7.05 Å². The number of nitrogens with zero attached hydrogens (tertiary/aromatic N) is 1. The molecule has 0 spiro atoms. The molecule has 0 bridgehead atoms. The van der Waals surface area contributed by atoms with Gasteiger partial charge in [0.05, 0.1) is 0 Å². The maximum Gasteiger partial charge on any atom is 0.239 e. The number of primary amides is 1. The summed E-state index contributed by atoms with van der Waals surface area (Å²) in [6.45, 7) is 2.81. The molecule has 1 aromatic carbocycles. The SMILES string of the molecule is CNC(CN1CCC(c2ccccc2)C1)(C(N)=O)C1CC1. The Kier molecular flexibility index (Phi) is 4.00. The Bertz CT molecular complexity index is 500. The molecule has 1 aliphatic carbocycles. The van der Waals surface area contributed by atoms with Gasteiger partial charge in [-0.3, -0.25) is 4.79 Å². The van der Waals surface area contributed by atoms with E-state index in [0.717, 1.165) is 38.9 Å². The Morgan fingerprint density at radius 3 is 2.62 bits per heavy atom. The highest BCUT2D eigenvalue weighted by molar-refractivity contribution is 5.86. The van der Waals surface area contributed by atoms with E-state index in [1.165, 1.54) is 5.56 Å². The molecular weight excluding hydrogens is 262 g/mol. The number of carbonyl (C=O) groups is 1. The van der Waals surface area contributed by atoms with Gasteiger partial charge in [-0.2, -0.15) is 0 Å². The lowest BCUT2D eigenvalue weighted by Gasteiger charge is -2.34. The first-order chi connectivity index (χ1) is 10.2. The van der Waals surface area contributed by atoms with Crippen molar-refractivity contribution in [3.8, 4) is 0 Å². The summed E-state index contributed by atoms with van der Waals surface area (Å²) in [6.07, 6.45) is 3.38. The minimum atomic E-state index is -0.536. The van der Waals surface area contributed by atoms with Crippen molar-refractivity contribution < 1.29 is 4.79 Å². The molecule has 0 aromatic heterocycles. The summed E-state index contributed by atoms with van der Waals surface area (Å²) in [6, 6.07) is 10.7. The van der Waals surface area contributed by atoms with Gasteiger partial charge in [0.25, 0.3) is 0 Å². The average Bonchev–Trinajstić information content (AvgIpc) is 3.25. The third-order valence-corrected chi connectivity index (χ3v) is 5.18. The number of carbonyl (C=O) groups excluding carboxylic acids is 1. The molecule has 1 saturated carbocycles. The van der Waals surface area contributed by atoms with Gasteiger partial charge in [0.2, 0.25) is 5.91 Å². The molecule has 1 heterocycles. The number of hydrogen-bond donors (Lipinski definition) is 2. The largest absolute Gasteiger partial charge is 0.368 e. The molecule has 4 nitrogen and oxygen atoms in total. The van der Waals surface area contributed by atoms with Crippen molar-refractivity contribution >= 4 is 5.91 Å². The van der Waals surface area contributed by atoms with E-state index in [1.54, 1.807) is 0 Å². The number of amides is 1. The fourth-order valence-corrected chi connectivity index (χ4v) is 3.72. The van der Waals surface area contributed by atoms with Crippen LogP contribution in [-0.2, 0) is 4.79 Å². The molecule has 4 heteroatoms. The van der Waals surface area contributed by atoms with Crippen molar-refractivity contribution in [1.82, 2.24) is 10.2 Å². The Balaban J connectivity index is 1.67. The van der Waals surface area contributed by atoms with Crippen molar-refractivity contribution in [2.45, 2.75) is 30.7 Å². The summed E-state index contributed by atoms with van der Waals surface area (Å²) >= 11 is 0. The van der Waals surface area contributed by atoms with Gasteiger partial charge in [-0.05, 0) is 50.3 Å². The molecule has 1 aromatic rings. The predicted octanol–water partition coefficient (Wildman–Crippen LogP) is 1.33. The molecule has 0 radical (unpaired) electrons. The van der Waals surface area contributed by atoms with Crippen LogP contribution in [0.25, 0.3) is 0 Å². The molecule has 2 aliphatic rings. The molecule has 21 heavy (non-hydrogen) atoms. The maximum atomic E-state index is 12.0. The highest BCUT2D eigenvalue weighted by Gasteiger charge is 2.50. The van der Waals surface area contributed by atoms with Crippen LogP contribution < -0.4 is 11.1 Å². The summed E-state index contributed by atoms with van der Waals surface area (Å²) in [5.74, 6) is 0.791. The second-order valence-electron chi connectivity index (χ2n) is 6.49. The number of rotatable bonds is 6. The summed E-state index contributed by atoms with van der Waals surface area (Å²) in [5, 5.41) is 3.24. The van der Waals surface area contributed by atoms with Crippen LogP contribution in [0, 0.1) is 5.92 Å². The second-order valence-corrected chi connectivity index (χ2v) is 6.49. The fraction of sp³-hybridized carbons (Fsp3) is 0.588. The minimum absolute atomic E-state index is 0.198. The molecule has 114 valence electrons. The standard InChI is InChI=1S/C17H25N3O/c1-19-17(16(18)21,15-7-8-15)12-20-10-9-14(11-20)13-5-3-2-4-6-13/h2-6,14-15,19H,7-12H2,1H3,(H2,18,21). The summed E-state index contributed by atoms with van der Waals surface area (Å²) in [4.78, 5) is 14.4. The normalized spacial score (nSPS) is 25.7. The number of hydrogen-bond acceptors (Lipinski definition) is 3. The van der Waals surface area contributed by atoms with Crippen molar-refractivity contribution in [3.63, 3.8) is 0 Å². The molecule has 1 saturated heterocycles. The van der Waals surface area contributed by atoms with Gasteiger partial charge in [-0.25, -0.2) is 0 Å². The lowest BCUT2D eigenvalue weighted by Crippen LogP contribution is -2.61. The Labute approximate surface area is 126 Å². The van der Waals surface area contributed by atoms with Gasteiger partial charge in [-0.15, -0.1) is 0 Å². The van der Waals surface area contributed by atoms with Crippen LogP contribution in [-0.4, -0.2) is 43.0 Å². The fourth-order valence-electron chi connectivity index (χ4n) is 3.72. The smallest absolute Gasteiger partial charge is 0.239 e. The van der Waals surface area contributed by atoms with E-state index in [0.29, 0.717) is 11.8 Å². The van der Waals surface area contributed by atoms with Crippen molar-refractivity contribution in [3.05, 3.63) is 35.9 Å². The number of likely N-dealkylation sites (tertiary alicyclic amines) is 1. The number of nitrogens with two attached hydrogens (primary N) is 1. The maximum absolute atomic E-state index is 12.0. The first-order valence-corrected chi connectivity index (χ1v) is 7.92. The van der Waals surface area contributed by atoms with E-state index in [4.69, 9.17) is 5.73 Å². The Morgan fingerprint density at radius 2 is 2.05 bits per heavy atom. The van der Waals surface area contributed by atoms with Gasteiger partial charge >= 0.3 is 0 Å². The van der Waals surface area contributed by atoms with E-state index in [2.05, 4.69) is 40.5 Å². The topological polar surface area (TPSA) is 58.4 Å². The summed E-state index contributed by atoms with van der Waals surface area (Å²) in [7, 11) is 1.87. The van der Waals surface area contributed by atoms with Crippen molar-refractivity contribution in [1.29, 1.82) is 0 Å². The first kappa shape index (κ1) is 14.5. The van der Waals surface area contributed by atoms with Crippen molar-refractivity contribution in [2.75, 3.05) is 26.7 Å². The van der Waals surface area contributed by atoms with E-state index in [9.17, 15) is 4.79 Å². The number of likely N-dealkylation sites (N-methyl/N-ethyl adjacent to an activating group) is 1. The average molecular weight is 287 g/mol. The summed E-state index contributed by atoms with van der Waals surface area (Å²) in [5.41, 5.74) is 6.59. The third kappa shape index (κ3) is 2.83. The first-order valence-electron chi connectivity index (χ1n) is 7.92. The van der Waals surface area contributed by atoms with E-state index >= 15 is 0 Å². The van der Waals surface area contributed by atoms with Crippen LogP contribution >= 0.6 is 0 Å². The molecule has 2 unspecified atom stereocenters. The molecular formula is C17H25N3O. The van der Waals surface area contributed by atoms with Gasteiger partial charge in [0.1, 0.15) is 5.54 Å². The zero-order valence-corrected chi connectivity index (χ0v) is 12.7. The van der Waals surface area contributed by atoms with Gasteiger partial charge in [0, 0.05) is 13.1 Å². The van der Waals surface area contributed by atoms with Gasteiger partial charge in [-0.1, -0.05) is 30.3 Å².